The third kappa shape index (κ3) is 3.37. The summed E-state index contributed by atoms with van der Waals surface area (Å²) in [5.74, 6) is -0.0931. The van der Waals surface area contributed by atoms with Crippen LogP contribution in [-0.4, -0.2) is 35.1 Å². The summed E-state index contributed by atoms with van der Waals surface area (Å²) >= 11 is 0. The molecule has 0 bridgehead atoms. The van der Waals surface area contributed by atoms with Crippen LogP contribution in [0.2, 0.25) is 0 Å². The highest BCUT2D eigenvalue weighted by Gasteiger charge is 2.18. The lowest BCUT2D eigenvalue weighted by molar-refractivity contribution is 0.0859. The van der Waals surface area contributed by atoms with E-state index in [1.165, 1.54) is 0 Å². The molecule has 25 heavy (non-hydrogen) atoms. The van der Waals surface area contributed by atoms with Crippen molar-refractivity contribution in [3.8, 4) is 11.3 Å². The summed E-state index contributed by atoms with van der Waals surface area (Å²) in [5, 5.41) is 3.86. The summed E-state index contributed by atoms with van der Waals surface area (Å²) < 4.78 is 5.59. The van der Waals surface area contributed by atoms with Gasteiger partial charge < -0.3 is 10.1 Å². The van der Waals surface area contributed by atoms with Gasteiger partial charge in [0.05, 0.1) is 22.9 Å². The Balaban J connectivity index is 1.69. The number of amides is 1. The van der Waals surface area contributed by atoms with Crippen LogP contribution in [0.25, 0.3) is 22.2 Å². The molecule has 3 aromatic rings. The second kappa shape index (κ2) is 6.99. The molecule has 0 saturated carbocycles. The van der Waals surface area contributed by atoms with E-state index in [1.807, 2.05) is 42.5 Å². The first kappa shape index (κ1) is 15.7. The predicted molar refractivity (Wildman–Crippen MR) is 96.3 cm³/mol. The number of benzene rings is 1. The number of aromatic nitrogens is 2. The number of nitrogens with zero attached hydrogens (tertiary/aromatic N) is 2. The van der Waals surface area contributed by atoms with Crippen molar-refractivity contribution in [3.63, 3.8) is 0 Å². The molecule has 0 aliphatic carbocycles. The van der Waals surface area contributed by atoms with Gasteiger partial charge in [-0.3, -0.25) is 9.78 Å². The van der Waals surface area contributed by atoms with Crippen molar-refractivity contribution in [2.45, 2.75) is 18.9 Å². The van der Waals surface area contributed by atoms with Gasteiger partial charge in [0.15, 0.2) is 0 Å². The monoisotopic (exact) mass is 333 g/mol. The molecule has 5 nitrogen and oxygen atoms in total. The minimum absolute atomic E-state index is 0.0931. The van der Waals surface area contributed by atoms with Crippen LogP contribution in [0.5, 0.6) is 0 Å². The number of carbonyl (C=O) groups excluding carboxylic acids is 1. The van der Waals surface area contributed by atoms with Crippen molar-refractivity contribution < 1.29 is 9.53 Å². The van der Waals surface area contributed by atoms with Crippen molar-refractivity contribution in [3.05, 3.63) is 60.4 Å². The molecule has 1 aliphatic heterocycles. The average molecular weight is 333 g/mol. The second-order valence-corrected chi connectivity index (χ2v) is 6.15. The van der Waals surface area contributed by atoms with Gasteiger partial charge in [0.25, 0.3) is 5.91 Å². The molecular formula is C20H19N3O2. The maximum absolute atomic E-state index is 12.8. The fraction of sp³-hybridized carbons (Fsp3) is 0.250. The lowest BCUT2D eigenvalue weighted by Crippen LogP contribution is -2.31. The Labute approximate surface area is 146 Å². The molecular weight excluding hydrogens is 314 g/mol. The number of hydrogen-bond donors (Lipinski definition) is 1. The van der Waals surface area contributed by atoms with Crippen molar-refractivity contribution in [1.29, 1.82) is 0 Å². The van der Waals surface area contributed by atoms with Gasteiger partial charge in [-0.25, -0.2) is 4.98 Å². The normalized spacial score (nSPS) is 16.9. The molecule has 4 rings (SSSR count). The number of ether oxygens (including phenoxy) is 1. The second-order valence-electron chi connectivity index (χ2n) is 6.15. The molecule has 1 atom stereocenters. The molecule has 5 heteroatoms. The summed E-state index contributed by atoms with van der Waals surface area (Å²) in [6.07, 6.45) is 5.63. The van der Waals surface area contributed by atoms with E-state index < -0.39 is 0 Å². The maximum Gasteiger partial charge on any atom is 0.252 e. The predicted octanol–water partition coefficient (Wildman–Crippen LogP) is 3.21. The van der Waals surface area contributed by atoms with Crippen molar-refractivity contribution in [2.75, 3.05) is 13.2 Å². The highest BCUT2D eigenvalue weighted by molar-refractivity contribution is 6.07. The van der Waals surface area contributed by atoms with E-state index in [0.717, 1.165) is 41.6 Å². The van der Waals surface area contributed by atoms with E-state index in [0.29, 0.717) is 12.1 Å². The summed E-state index contributed by atoms with van der Waals surface area (Å²) in [4.78, 5) is 21.5. The van der Waals surface area contributed by atoms with Gasteiger partial charge in [-0.1, -0.05) is 18.2 Å². The van der Waals surface area contributed by atoms with Gasteiger partial charge in [-0.2, -0.15) is 0 Å². The number of hydrogen-bond acceptors (Lipinski definition) is 4. The van der Waals surface area contributed by atoms with E-state index >= 15 is 0 Å². The van der Waals surface area contributed by atoms with Crippen LogP contribution in [0.15, 0.2) is 54.9 Å². The lowest BCUT2D eigenvalue weighted by Gasteiger charge is -2.13. The SMILES string of the molecule is O=C(NC[C@@H]1CCCO1)c1cc(-c2ccncc2)nc2ccccc12. The summed E-state index contributed by atoms with van der Waals surface area (Å²) in [6.45, 7) is 1.32. The minimum Gasteiger partial charge on any atom is -0.376 e. The zero-order chi connectivity index (χ0) is 17.1. The van der Waals surface area contributed by atoms with Crippen molar-refractivity contribution in [2.24, 2.45) is 0 Å². The Hall–Kier alpha value is -2.79. The molecule has 1 N–H and O–H groups in total. The fourth-order valence-corrected chi connectivity index (χ4v) is 3.14. The molecule has 1 amide bonds. The molecule has 1 aliphatic rings. The van der Waals surface area contributed by atoms with Crippen molar-refractivity contribution in [1.82, 2.24) is 15.3 Å². The maximum atomic E-state index is 12.8. The van der Waals surface area contributed by atoms with E-state index in [1.54, 1.807) is 12.4 Å². The Morgan fingerprint density at radius 1 is 1.20 bits per heavy atom. The molecule has 3 heterocycles. The standard InChI is InChI=1S/C20H19N3O2/c24-20(22-13-15-4-3-11-25-15)17-12-19(14-7-9-21-10-8-14)23-18-6-2-1-5-16(17)18/h1-2,5-10,12,15H,3-4,11,13H2,(H,22,24)/t15-/m0/s1. The minimum atomic E-state index is -0.0931. The molecule has 0 unspecified atom stereocenters. The number of carbonyl (C=O) groups is 1. The van der Waals surface area contributed by atoms with E-state index in [9.17, 15) is 4.79 Å². The smallest absolute Gasteiger partial charge is 0.252 e. The zero-order valence-corrected chi connectivity index (χ0v) is 13.8. The fourth-order valence-electron chi connectivity index (χ4n) is 3.14. The van der Waals surface area contributed by atoms with Crippen LogP contribution in [-0.2, 0) is 4.74 Å². The third-order valence-corrected chi connectivity index (χ3v) is 4.45. The molecule has 126 valence electrons. The Morgan fingerprint density at radius 3 is 2.84 bits per heavy atom. The highest BCUT2D eigenvalue weighted by Crippen LogP contribution is 2.24. The van der Waals surface area contributed by atoms with Crippen LogP contribution in [0.3, 0.4) is 0 Å². The first-order chi connectivity index (χ1) is 12.3. The zero-order valence-electron chi connectivity index (χ0n) is 13.8. The average Bonchev–Trinajstić information content (AvgIpc) is 3.19. The Bertz CT molecular complexity index is 890. The van der Waals surface area contributed by atoms with E-state index in [2.05, 4.69) is 10.3 Å². The highest BCUT2D eigenvalue weighted by atomic mass is 16.5. The summed E-state index contributed by atoms with van der Waals surface area (Å²) in [6, 6.07) is 13.3. The summed E-state index contributed by atoms with van der Waals surface area (Å²) in [5.41, 5.74) is 3.15. The van der Waals surface area contributed by atoms with Gasteiger partial charge in [-0.05, 0) is 37.1 Å². The van der Waals surface area contributed by atoms with Crippen LogP contribution in [0, 0.1) is 0 Å². The molecule has 0 radical (unpaired) electrons. The number of pyridine rings is 2. The Kier molecular flexibility index (Phi) is 4.39. The number of nitrogens with one attached hydrogen (secondary N) is 1. The quantitative estimate of drug-likeness (QED) is 0.796. The van der Waals surface area contributed by atoms with Gasteiger partial charge in [0.2, 0.25) is 0 Å². The van der Waals surface area contributed by atoms with E-state index in [-0.39, 0.29) is 12.0 Å². The first-order valence-corrected chi connectivity index (χ1v) is 8.51. The molecule has 2 aromatic heterocycles. The molecule has 1 saturated heterocycles. The van der Waals surface area contributed by atoms with Gasteiger partial charge >= 0.3 is 0 Å². The van der Waals surface area contributed by atoms with Crippen LogP contribution >= 0.6 is 0 Å². The van der Waals surface area contributed by atoms with Crippen LogP contribution < -0.4 is 5.32 Å². The van der Waals surface area contributed by atoms with Gasteiger partial charge in [-0.15, -0.1) is 0 Å². The lowest BCUT2D eigenvalue weighted by atomic mass is 10.0. The third-order valence-electron chi connectivity index (χ3n) is 4.45. The molecule has 1 aromatic carbocycles. The van der Waals surface area contributed by atoms with Gasteiger partial charge in [0.1, 0.15) is 0 Å². The van der Waals surface area contributed by atoms with Crippen LogP contribution in [0.1, 0.15) is 23.2 Å². The number of para-hydroxylation sites is 1. The first-order valence-electron chi connectivity index (χ1n) is 8.51. The topological polar surface area (TPSA) is 64.1 Å². The summed E-state index contributed by atoms with van der Waals surface area (Å²) in [7, 11) is 0. The largest absolute Gasteiger partial charge is 0.376 e. The van der Waals surface area contributed by atoms with Gasteiger partial charge in [0, 0.05) is 36.5 Å². The van der Waals surface area contributed by atoms with Crippen LogP contribution in [0.4, 0.5) is 0 Å². The van der Waals surface area contributed by atoms with E-state index in [4.69, 9.17) is 9.72 Å². The number of fused-ring (bicyclic) bond motifs is 1. The molecule has 0 spiro atoms. The molecule has 1 fully saturated rings. The van der Waals surface area contributed by atoms with Crippen molar-refractivity contribution >= 4 is 16.8 Å². The number of rotatable bonds is 4. The Morgan fingerprint density at radius 2 is 2.04 bits per heavy atom.